The van der Waals surface area contributed by atoms with Crippen molar-refractivity contribution in [2.24, 2.45) is 0 Å². The summed E-state index contributed by atoms with van der Waals surface area (Å²) in [5, 5.41) is 20.3. The summed E-state index contributed by atoms with van der Waals surface area (Å²) in [6, 6.07) is 0. The summed E-state index contributed by atoms with van der Waals surface area (Å²) in [5.41, 5.74) is 1.33. The van der Waals surface area contributed by atoms with Crippen LogP contribution in [0, 0.1) is 16.2 Å². The fourth-order valence-electron chi connectivity index (χ4n) is 1.23. The van der Waals surface area contributed by atoms with Crippen LogP contribution in [0.4, 0.5) is 0 Å². The van der Waals surface area contributed by atoms with Crippen molar-refractivity contribution in [3.63, 3.8) is 0 Å². The van der Waals surface area contributed by atoms with E-state index in [0.717, 1.165) is 18.9 Å². The Bertz CT molecular complexity index is 221. The van der Waals surface area contributed by atoms with Gasteiger partial charge < -0.3 is 15.7 Å². The van der Waals surface area contributed by atoms with Gasteiger partial charge in [0, 0.05) is 24.5 Å². The van der Waals surface area contributed by atoms with E-state index in [1.165, 1.54) is 19.3 Å². The largest absolute Gasteiger partial charge is 0.361 e. The Hall–Kier alpha value is -1.19. The number of likely N-dealkylation sites (tertiary alicyclic amines) is 1. The van der Waals surface area contributed by atoms with Crippen molar-refractivity contribution < 1.29 is 0 Å². The zero-order valence-corrected chi connectivity index (χ0v) is 16.0. The van der Waals surface area contributed by atoms with Crippen molar-refractivity contribution in [1.82, 2.24) is 4.90 Å². The molecule has 0 unspecified atom stereocenters. The normalized spacial score (nSPS) is 11.0. The lowest BCUT2D eigenvalue weighted by atomic mass is 10.1. The number of rotatable bonds is 0. The molecule has 0 aromatic rings. The molecule has 0 bridgehead atoms. The minimum Gasteiger partial charge on any atom is -0.361 e. The van der Waals surface area contributed by atoms with Crippen molar-refractivity contribution in [1.29, 1.82) is 16.2 Å². The van der Waals surface area contributed by atoms with Crippen LogP contribution in [0.2, 0.25) is 0 Å². The maximum atomic E-state index is 7.31. The highest BCUT2D eigenvalue weighted by Crippen LogP contribution is 2.07. The molecule has 1 aliphatic heterocycles. The van der Waals surface area contributed by atoms with Gasteiger partial charge in [0.25, 0.3) is 0 Å². The maximum absolute atomic E-state index is 7.31. The van der Waals surface area contributed by atoms with Crippen molar-refractivity contribution in [3.8, 4) is 0 Å². The molecule has 0 saturated carbocycles. The Morgan fingerprint density at radius 1 is 0.636 bits per heavy atom. The van der Waals surface area contributed by atoms with E-state index in [9.17, 15) is 0 Å². The fourth-order valence-corrected chi connectivity index (χ4v) is 1.23. The molecular formula is C18H44N4. The Balaban J connectivity index is -0.0000000638. The second kappa shape index (κ2) is 28.0. The molecule has 0 aromatic heterocycles. The molecule has 1 heterocycles. The standard InChI is InChI=1S/C7H14N2.2C3H7N.2C2H6.CH4/c1-7(8)9-5-3-2-4-6-9;2*1-3(2)4;2*1-2;/h8H,2-6H2,1H3;2*4H,1-2H3;2*1-2H3;1H4. The van der Waals surface area contributed by atoms with E-state index in [1.54, 1.807) is 27.7 Å². The molecule has 0 amide bonds. The van der Waals surface area contributed by atoms with E-state index < -0.39 is 0 Å². The van der Waals surface area contributed by atoms with Gasteiger partial charge in [-0.2, -0.15) is 0 Å². The second-order valence-electron chi connectivity index (χ2n) is 4.63. The molecular weight excluding hydrogens is 272 g/mol. The molecule has 0 atom stereocenters. The first-order valence-corrected chi connectivity index (χ1v) is 8.11. The molecule has 1 saturated heterocycles. The van der Waals surface area contributed by atoms with Gasteiger partial charge in [-0.25, -0.2) is 0 Å². The average molecular weight is 317 g/mol. The molecule has 0 radical (unpaired) electrons. The van der Waals surface area contributed by atoms with Crippen LogP contribution in [0.25, 0.3) is 0 Å². The Kier molecular flexibility index (Phi) is 41.6. The highest BCUT2D eigenvalue weighted by atomic mass is 15.2. The van der Waals surface area contributed by atoms with Gasteiger partial charge in [-0.05, 0) is 53.9 Å². The highest BCUT2D eigenvalue weighted by Gasteiger charge is 2.08. The van der Waals surface area contributed by atoms with Crippen LogP contribution in [0.15, 0.2) is 0 Å². The number of nitrogens with one attached hydrogen (secondary N) is 3. The summed E-state index contributed by atoms with van der Waals surface area (Å²) in [6.07, 6.45) is 3.90. The van der Waals surface area contributed by atoms with E-state index >= 15 is 0 Å². The third-order valence-electron chi connectivity index (χ3n) is 1.83. The first-order valence-electron chi connectivity index (χ1n) is 8.11. The molecule has 0 spiro atoms. The van der Waals surface area contributed by atoms with E-state index in [-0.39, 0.29) is 7.43 Å². The third-order valence-corrected chi connectivity index (χ3v) is 1.83. The smallest absolute Gasteiger partial charge is 0.0925 e. The zero-order chi connectivity index (χ0) is 17.8. The van der Waals surface area contributed by atoms with Crippen molar-refractivity contribution in [2.45, 2.75) is 89.0 Å². The zero-order valence-electron chi connectivity index (χ0n) is 16.0. The first-order chi connectivity index (χ1) is 9.77. The van der Waals surface area contributed by atoms with Gasteiger partial charge in [-0.3, -0.25) is 5.41 Å². The number of nitrogens with zero attached hydrogens (tertiary/aromatic N) is 1. The molecule has 1 aliphatic rings. The van der Waals surface area contributed by atoms with Gasteiger partial charge in [0.05, 0.1) is 5.84 Å². The molecule has 22 heavy (non-hydrogen) atoms. The van der Waals surface area contributed by atoms with Crippen LogP contribution < -0.4 is 0 Å². The topological polar surface area (TPSA) is 74.8 Å². The summed E-state index contributed by atoms with van der Waals surface area (Å²) < 4.78 is 0. The van der Waals surface area contributed by atoms with E-state index in [4.69, 9.17) is 16.2 Å². The summed E-state index contributed by atoms with van der Waals surface area (Å²) in [7, 11) is 0. The Labute approximate surface area is 141 Å². The van der Waals surface area contributed by atoms with Crippen LogP contribution in [0.3, 0.4) is 0 Å². The monoisotopic (exact) mass is 316 g/mol. The molecule has 3 N–H and O–H groups in total. The van der Waals surface area contributed by atoms with Gasteiger partial charge in [0.2, 0.25) is 0 Å². The quantitative estimate of drug-likeness (QED) is 0.358. The van der Waals surface area contributed by atoms with Crippen LogP contribution in [0.5, 0.6) is 0 Å². The predicted molar refractivity (Wildman–Crippen MR) is 106 cm³/mol. The lowest BCUT2D eigenvalue weighted by molar-refractivity contribution is 0.339. The van der Waals surface area contributed by atoms with Crippen molar-refractivity contribution in [3.05, 3.63) is 0 Å². The number of amidine groups is 1. The first kappa shape index (κ1) is 32.7. The van der Waals surface area contributed by atoms with Crippen molar-refractivity contribution >= 4 is 17.3 Å². The van der Waals surface area contributed by atoms with Gasteiger partial charge >= 0.3 is 0 Å². The van der Waals surface area contributed by atoms with Gasteiger partial charge in [0.1, 0.15) is 0 Å². The molecule has 4 heteroatoms. The highest BCUT2D eigenvalue weighted by molar-refractivity contribution is 5.76. The number of hydrogen-bond acceptors (Lipinski definition) is 3. The Morgan fingerprint density at radius 2 is 0.864 bits per heavy atom. The van der Waals surface area contributed by atoms with E-state index in [1.807, 2.05) is 34.6 Å². The number of hydrogen-bond donors (Lipinski definition) is 3. The lowest BCUT2D eigenvalue weighted by Crippen LogP contribution is -2.33. The fraction of sp³-hybridized carbons (Fsp3) is 0.833. The minimum absolute atomic E-state index is 0. The predicted octanol–water partition coefficient (Wildman–Crippen LogP) is 6.25. The van der Waals surface area contributed by atoms with E-state index in [0.29, 0.717) is 11.4 Å². The SMILES string of the molecule is C.CC.CC.CC(=N)N1CCCCC1.CC(C)=N.CC(C)=N. The summed E-state index contributed by atoms with van der Waals surface area (Å²) in [5.74, 6) is 0.731. The van der Waals surface area contributed by atoms with Crippen LogP contribution in [-0.2, 0) is 0 Å². The Morgan fingerprint density at radius 3 is 1.00 bits per heavy atom. The molecule has 4 nitrogen and oxygen atoms in total. The van der Waals surface area contributed by atoms with Crippen molar-refractivity contribution in [2.75, 3.05) is 13.1 Å². The second-order valence-corrected chi connectivity index (χ2v) is 4.63. The lowest BCUT2D eigenvalue weighted by Gasteiger charge is -2.27. The van der Waals surface area contributed by atoms with Gasteiger partial charge in [0.15, 0.2) is 0 Å². The summed E-state index contributed by atoms with van der Waals surface area (Å²) >= 11 is 0. The maximum Gasteiger partial charge on any atom is 0.0925 e. The minimum atomic E-state index is 0. The van der Waals surface area contributed by atoms with Crippen LogP contribution in [0.1, 0.15) is 89.0 Å². The molecule has 136 valence electrons. The molecule has 1 rings (SSSR count). The summed E-state index contributed by atoms with van der Waals surface area (Å²) in [4.78, 5) is 2.14. The molecule has 1 fully saturated rings. The molecule has 0 aromatic carbocycles. The summed E-state index contributed by atoms with van der Waals surface area (Å²) in [6.45, 7) is 19.1. The third kappa shape index (κ3) is 51.1. The van der Waals surface area contributed by atoms with Gasteiger partial charge in [-0.1, -0.05) is 35.1 Å². The average Bonchev–Trinajstić information content (AvgIpc) is 2.43. The number of piperidine rings is 1. The van der Waals surface area contributed by atoms with Crippen LogP contribution in [-0.4, -0.2) is 35.2 Å². The van der Waals surface area contributed by atoms with Gasteiger partial charge in [-0.15, -0.1) is 0 Å². The van der Waals surface area contributed by atoms with E-state index in [2.05, 4.69) is 4.90 Å². The van der Waals surface area contributed by atoms with Crippen LogP contribution >= 0.6 is 0 Å². The molecule has 0 aliphatic carbocycles.